The molecule has 106 valence electrons. The Bertz CT molecular complexity index is 704. The zero-order valence-corrected chi connectivity index (χ0v) is 12.6. The third kappa shape index (κ3) is 3.20. The van der Waals surface area contributed by atoms with Crippen molar-refractivity contribution in [3.8, 4) is 0 Å². The number of nitrogen functional groups attached to an aromatic ring is 1. The number of hydrogen-bond acceptors (Lipinski definition) is 3. The van der Waals surface area contributed by atoms with Crippen molar-refractivity contribution < 1.29 is 8.42 Å². The zero-order chi connectivity index (χ0) is 14.8. The number of benzene rings is 2. The first-order valence-electron chi connectivity index (χ1n) is 6.59. The van der Waals surface area contributed by atoms with Crippen LogP contribution in [-0.2, 0) is 22.0 Å². The summed E-state index contributed by atoms with van der Waals surface area (Å²) in [6.45, 7) is 3.88. The maximum absolute atomic E-state index is 12.4. The highest BCUT2D eigenvalue weighted by Gasteiger charge is 2.16. The van der Waals surface area contributed by atoms with Gasteiger partial charge in [-0.2, -0.15) is 0 Å². The molecule has 0 heterocycles. The van der Waals surface area contributed by atoms with Gasteiger partial charge >= 0.3 is 0 Å². The largest absolute Gasteiger partial charge is 0.399 e. The molecule has 0 aliphatic rings. The molecule has 0 fully saturated rings. The molecule has 0 unspecified atom stereocenters. The van der Waals surface area contributed by atoms with Crippen molar-refractivity contribution in [1.82, 2.24) is 0 Å². The second-order valence-electron chi connectivity index (χ2n) is 4.95. The maximum atomic E-state index is 12.4. The van der Waals surface area contributed by atoms with E-state index in [-0.39, 0.29) is 5.75 Å². The maximum Gasteiger partial charge on any atom is 0.182 e. The van der Waals surface area contributed by atoms with Gasteiger partial charge in [0.25, 0.3) is 0 Å². The molecule has 0 aromatic heterocycles. The summed E-state index contributed by atoms with van der Waals surface area (Å²) < 4.78 is 24.8. The van der Waals surface area contributed by atoms with Crippen LogP contribution in [0.3, 0.4) is 0 Å². The minimum Gasteiger partial charge on any atom is -0.399 e. The van der Waals surface area contributed by atoms with Crippen molar-refractivity contribution in [3.63, 3.8) is 0 Å². The third-order valence-electron chi connectivity index (χ3n) is 3.39. The number of rotatable bonds is 4. The Labute approximate surface area is 120 Å². The molecule has 2 N–H and O–H groups in total. The van der Waals surface area contributed by atoms with Crippen LogP contribution in [-0.4, -0.2) is 8.42 Å². The molecule has 4 heteroatoms. The SMILES string of the molecule is CCc1ccc(CS(=O)(=O)c2ccc(N)c(C)c2)cc1. The summed E-state index contributed by atoms with van der Waals surface area (Å²) in [7, 11) is -3.33. The van der Waals surface area contributed by atoms with E-state index in [1.54, 1.807) is 18.2 Å². The van der Waals surface area contributed by atoms with Crippen LogP contribution in [0.15, 0.2) is 47.4 Å². The highest BCUT2D eigenvalue weighted by molar-refractivity contribution is 7.90. The summed E-state index contributed by atoms with van der Waals surface area (Å²) in [4.78, 5) is 0.323. The average molecular weight is 289 g/mol. The molecular weight excluding hydrogens is 270 g/mol. The van der Waals surface area contributed by atoms with Crippen LogP contribution in [0, 0.1) is 6.92 Å². The molecule has 0 bridgehead atoms. The highest BCUT2D eigenvalue weighted by atomic mass is 32.2. The van der Waals surface area contributed by atoms with Gasteiger partial charge in [-0.05, 0) is 48.2 Å². The Kier molecular flexibility index (Phi) is 4.14. The Morgan fingerprint density at radius 2 is 1.60 bits per heavy atom. The van der Waals surface area contributed by atoms with E-state index in [4.69, 9.17) is 5.73 Å². The van der Waals surface area contributed by atoms with Gasteiger partial charge in [-0.3, -0.25) is 0 Å². The predicted octanol–water partition coefficient (Wildman–Crippen LogP) is 3.11. The van der Waals surface area contributed by atoms with Gasteiger partial charge in [0, 0.05) is 5.69 Å². The molecule has 0 spiro atoms. The second-order valence-corrected chi connectivity index (χ2v) is 6.94. The molecular formula is C16H19NO2S. The van der Waals surface area contributed by atoms with E-state index in [0.717, 1.165) is 17.5 Å². The Hall–Kier alpha value is -1.81. The summed E-state index contributed by atoms with van der Waals surface area (Å²) in [5, 5.41) is 0. The van der Waals surface area contributed by atoms with E-state index in [1.165, 1.54) is 5.56 Å². The van der Waals surface area contributed by atoms with Crippen molar-refractivity contribution in [3.05, 3.63) is 59.2 Å². The summed E-state index contributed by atoms with van der Waals surface area (Å²) in [6.07, 6.45) is 0.949. The Morgan fingerprint density at radius 3 is 2.15 bits per heavy atom. The molecule has 0 saturated heterocycles. The third-order valence-corrected chi connectivity index (χ3v) is 5.07. The van der Waals surface area contributed by atoms with Gasteiger partial charge in [0.2, 0.25) is 0 Å². The molecule has 2 aromatic carbocycles. The lowest BCUT2D eigenvalue weighted by Crippen LogP contribution is -2.06. The van der Waals surface area contributed by atoms with E-state index in [1.807, 2.05) is 31.2 Å². The lowest BCUT2D eigenvalue weighted by molar-refractivity contribution is 0.595. The minimum absolute atomic E-state index is 0.0142. The average Bonchev–Trinajstić information content (AvgIpc) is 2.42. The smallest absolute Gasteiger partial charge is 0.182 e. The summed E-state index contributed by atoms with van der Waals surface area (Å²) in [5.74, 6) is 0.0142. The van der Waals surface area contributed by atoms with Gasteiger partial charge in [0.05, 0.1) is 10.6 Å². The van der Waals surface area contributed by atoms with Crippen LogP contribution in [0.2, 0.25) is 0 Å². The number of anilines is 1. The second kappa shape index (κ2) is 5.67. The normalized spacial score (nSPS) is 11.5. The molecule has 2 aromatic rings. The molecule has 0 amide bonds. The zero-order valence-electron chi connectivity index (χ0n) is 11.8. The Balaban J connectivity index is 2.27. The van der Waals surface area contributed by atoms with Crippen LogP contribution < -0.4 is 5.73 Å². The molecule has 0 radical (unpaired) electrons. The van der Waals surface area contributed by atoms with Crippen LogP contribution in [0.25, 0.3) is 0 Å². The van der Waals surface area contributed by atoms with Gasteiger partial charge in [-0.25, -0.2) is 8.42 Å². The van der Waals surface area contributed by atoms with Crippen LogP contribution in [0.5, 0.6) is 0 Å². The highest BCUT2D eigenvalue weighted by Crippen LogP contribution is 2.21. The van der Waals surface area contributed by atoms with Crippen molar-refractivity contribution in [2.45, 2.75) is 30.9 Å². The molecule has 20 heavy (non-hydrogen) atoms. The first-order chi connectivity index (χ1) is 9.42. The van der Waals surface area contributed by atoms with Gasteiger partial charge in [0.1, 0.15) is 0 Å². The molecule has 0 saturated carbocycles. The van der Waals surface area contributed by atoms with E-state index >= 15 is 0 Å². The van der Waals surface area contributed by atoms with Crippen LogP contribution in [0.4, 0.5) is 5.69 Å². The quantitative estimate of drug-likeness (QED) is 0.880. The van der Waals surface area contributed by atoms with E-state index in [2.05, 4.69) is 6.92 Å². The minimum atomic E-state index is -3.33. The first-order valence-corrected chi connectivity index (χ1v) is 8.24. The van der Waals surface area contributed by atoms with Gasteiger partial charge in [-0.15, -0.1) is 0 Å². The lowest BCUT2D eigenvalue weighted by atomic mass is 10.1. The van der Waals surface area contributed by atoms with Gasteiger partial charge in [0.15, 0.2) is 9.84 Å². The standard InChI is InChI=1S/C16H19NO2S/c1-3-13-4-6-14(7-5-13)11-20(18,19)15-8-9-16(17)12(2)10-15/h4-10H,3,11,17H2,1-2H3. The summed E-state index contributed by atoms with van der Waals surface area (Å²) in [6, 6.07) is 12.5. The van der Waals surface area contributed by atoms with Crippen molar-refractivity contribution in [2.24, 2.45) is 0 Å². The molecule has 0 aliphatic carbocycles. The fourth-order valence-electron chi connectivity index (χ4n) is 2.02. The fourth-order valence-corrected chi connectivity index (χ4v) is 3.45. The fraction of sp³-hybridized carbons (Fsp3) is 0.250. The topological polar surface area (TPSA) is 60.2 Å². The van der Waals surface area contributed by atoms with Crippen molar-refractivity contribution in [2.75, 3.05) is 5.73 Å². The lowest BCUT2D eigenvalue weighted by Gasteiger charge is -2.08. The van der Waals surface area contributed by atoms with Crippen molar-refractivity contribution in [1.29, 1.82) is 0 Å². The monoisotopic (exact) mass is 289 g/mol. The Morgan fingerprint density at radius 1 is 1.00 bits per heavy atom. The van der Waals surface area contributed by atoms with E-state index in [9.17, 15) is 8.42 Å². The van der Waals surface area contributed by atoms with Gasteiger partial charge in [-0.1, -0.05) is 31.2 Å². The molecule has 2 rings (SSSR count). The van der Waals surface area contributed by atoms with E-state index in [0.29, 0.717) is 10.6 Å². The molecule has 0 atom stereocenters. The first kappa shape index (κ1) is 14.6. The number of hydrogen-bond donors (Lipinski definition) is 1. The summed E-state index contributed by atoms with van der Waals surface area (Å²) >= 11 is 0. The molecule has 3 nitrogen and oxygen atoms in total. The number of aryl methyl sites for hydroxylation is 2. The van der Waals surface area contributed by atoms with Crippen molar-refractivity contribution >= 4 is 15.5 Å². The molecule has 0 aliphatic heterocycles. The van der Waals surface area contributed by atoms with E-state index < -0.39 is 9.84 Å². The van der Waals surface area contributed by atoms with Gasteiger partial charge < -0.3 is 5.73 Å². The number of nitrogens with two attached hydrogens (primary N) is 1. The summed E-state index contributed by atoms with van der Waals surface area (Å²) in [5.41, 5.74) is 9.12. The number of sulfone groups is 1. The van der Waals surface area contributed by atoms with Crippen LogP contribution in [0.1, 0.15) is 23.6 Å². The predicted molar refractivity (Wildman–Crippen MR) is 82.3 cm³/mol. The van der Waals surface area contributed by atoms with Crippen LogP contribution >= 0.6 is 0 Å².